The van der Waals surface area contributed by atoms with E-state index in [2.05, 4.69) is 6.92 Å². The molecular formula is C22H22N2O6. The summed E-state index contributed by atoms with van der Waals surface area (Å²) in [4.78, 5) is 48.9. The van der Waals surface area contributed by atoms with Crippen LogP contribution >= 0.6 is 0 Å². The zero-order valence-corrected chi connectivity index (χ0v) is 16.6. The van der Waals surface area contributed by atoms with Crippen molar-refractivity contribution in [1.29, 1.82) is 0 Å². The molecule has 156 valence electrons. The first-order valence-electron chi connectivity index (χ1n) is 9.89. The highest BCUT2D eigenvalue weighted by Gasteiger charge is 2.41. The number of hydrogen-bond acceptors (Lipinski definition) is 6. The lowest BCUT2D eigenvalue weighted by atomic mass is 10.1. The van der Waals surface area contributed by atoms with Gasteiger partial charge in [-0.1, -0.05) is 38.7 Å². The summed E-state index contributed by atoms with van der Waals surface area (Å²) < 4.78 is 5.25. The Kier molecular flexibility index (Phi) is 6.56. The zero-order valence-electron chi connectivity index (χ0n) is 16.6. The summed E-state index contributed by atoms with van der Waals surface area (Å²) >= 11 is 0. The molecule has 3 rings (SSSR count). The summed E-state index contributed by atoms with van der Waals surface area (Å²) in [5.74, 6) is -1.87. The Morgan fingerprint density at radius 1 is 1.00 bits per heavy atom. The Morgan fingerprint density at radius 2 is 1.70 bits per heavy atom. The number of carbonyl (C=O) groups excluding carboxylic acids is 3. The molecule has 1 heterocycles. The molecule has 0 fully saturated rings. The maximum atomic E-state index is 12.7. The molecule has 8 heteroatoms. The summed E-state index contributed by atoms with van der Waals surface area (Å²) in [6, 6.07) is 9.77. The number of fused-ring (bicyclic) bond motifs is 1. The lowest BCUT2D eigenvalue weighted by Gasteiger charge is -2.14. The maximum Gasteiger partial charge on any atom is 0.338 e. The van der Waals surface area contributed by atoms with Gasteiger partial charge in [-0.2, -0.15) is 0 Å². The number of imide groups is 1. The molecule has 0 spiro atoms. The van der Waals surface area contributed by atoms with Gasteiger partial charge in [0.15, 0.2) is 0 Å². The molecule has 0 saturated carbocycles. The van der Waals surface area contributed by atoms with E-state index < -0.39 is 28.4 Å². The predicted molar refractivity (Wildman–Crippen MR) is 110 cm³/mol. The van der Waals surface area contributed by atoms with Gasteiger partial charge in [0.25, 0.3) is 17.5 Å². The SMILES string of the molecule is CCCCCCCOC(=O)c1ccc(N2C(=O)c3cccc([N+](=O)[O-])c3C2=O)cc1. The van der Waals surface area contributed by atoms with E-state index in [4.69, 9.17) is 4.74 Å². The highest BCUT2D eigenvalue weighted by molar-refractivity contribution is 6.35. The van der Waals surface area contributed by atoms with Crippen molar-refractivity contribution in [2.45, 2.75) is 39.0 Å². The number of anilines is 1. The highest BCUT2D eigenvalue weighted by Crippen LogP contribution is 2.33. The topological polar surface area (TPSA) is 107 Å². The Morgan fingerprint density at radius 3 is 2.37 bits per heavy atom. The number of rotatable bonds is 9. The normalized spacial score (nSPS) is 12.8. The van der Waals surface area contributed by atoms with Gasteiger partial charge in [-0.25, -0.2) is 9.69 Å². The standard InChI is InChI=1S/C22H22N2O6/c1-2-3-4-5-6-14-30-22(27)15-10-12-16(13-11-15)23-20(25)17-8-7-9-18(24(28)29)19(17)21(23)26/h7-13H,2-6,14H2,1H3. The first kappa shape index (κ1) is 21.2. The number of nitrogens with zero attached hydrogens (tertiary/aromatic N) is 2. The van der Waals surface area contributed by atoms with Gasteiger partial charge >= 0.3 is 5.97 Å². The van der Waals surface area contributed by atoms with Gasteiger partial charge in [0.2, 0.25) is 0 Å². The van der Waals surface area contributed by atoms with Crippen LogP contribution in [0.1, 0.15) is 70.1 Å². The monoisotopic (exact) mass is 410 g/mol. The Bertz CT molecular complexity index is 984. The van der Waals surface area contributed by atoms with E-state index in [1.807, 2.05) is 0 Å². The quantitative estimate of drug-likeness (QED) is 0.198. The minimum Gasteiger partial charge on any atom is -0.462 e. The molecule has 30 heavy (non-hydrogen) atoms. The number of amides is 2. The number of esters is 1. The van der Waals surface area contributed by atoms with Gasteiger partial charge in [-0.05, 0) is 36.8 Å². The minimum atomic E-state index is -0.760. The lowest BCUT2D eigenvalue weighted by Crippen LogP contribution is -2.29. The van der Waals surface area contributed by atoms with Crippen molar-refractivity contribution in [3.05, 3.63) is 69.3 Å². The molecule has 0 unspecified atom stereocenters. The van der Waals surface area contributed by atoms with E-state index in [0.717, 1.165) is 37.0 Å². The molecule has 8 nitrogen and oxygen atoms in total. The molecule has 2 aromatic carbocycles. The second-order valence-electron chi connectivity index (χ2n) is 7.00. The largest absolute Gasteiger partial charge is 0.462 e. The second kappa shape index (κ2) is 9.30. The molecule has 2 amide bonds. The molecule has 1 aliphatic heterocycles. The lowest BCUT2D eigenvalue weighted by molar-refractivity contribution is -0.385. The van der Waals surface area contributed by atoms with Crippen LogP contribution in [0.3, 0.4) is 0 Å². The third kappa shape index (κ3) is 4.22. The number of ether oxygens (including phenoxy) is 1. The molecule has 0 bridgehead atoms. The van der Waals surface area contributed by atoms with Crippen LogP contribution in [0.25, 0.3) is 0 Å². The summed E-state index contributed by atoms with van der Waals surface area (Å²) in [6.45, 7) is 2.47. The van der Waals surface area contributed by atoms with Gasteiger partial charge < -0.3 is 4.74 Å². The number of carbonyl (C=O) groups is 3. The molecule has 0 saturated heterocycles. The minimum absolute atomic E-state index is 0.0132. The van der Waals surface area contributed by atoms with E-state index in [9.17, 15) is 24.5 Å². The van der Waals surface area contributed by atoms with E-state index >= 15 is 0 Å². The predicted octanol–water partition coefficient (Wildman–Crippen LogP) is 4.52. The van der Waals surface area contributed by atoms with Gasteiger partial charge in [-0.3, -0.25) is 19.7 Å². The third-order valence-electron chi connectivity index (χ3n) is 4.93. The first-order chi connectivity index (χ1) is 14.5. The van der Waals surface area contributed by atoms with Crippen LogP contribution in [0.4, 0.5) is 11.4 Å². The van der Waals surface area contributed by atoms with Crippen LogP contribution in [-0.2, 0) is 4.74 Å². The third-order valence-corrected chi connectivity index (χ3v) is 4.93. The molecule has 0 aromatic heterocycles. The fraction of sp³-hybridized carbons (Fsp3) is 0.318. The fourth-order valence-electron chi connectivity index (χ4n) is 3.35. The molecule has 1 aliphatic rings. The molecule has 0 radical (unpaired) electrons. The molecule has 0 atom stereocenters. The average molecular weight is 410 g/mol. The summed E-state index contributed by atoms with van der Waals surface area (Å²) in [5, 5.41) is 11.2. The average Bonchev–Trinajstić information content (AvgIpc) is 3.01. The van der Waals surface area contributed by atoms with Gasteiger partial charge in [0.1, 0.15) is 5.56 Å². The summed E-state index contributed by atoms with van der Waals surface area (Å²) in [6.07, 6.45) is 5.23. The summed E-state index contributed by atoms with van der Waals surface area (Å²) in [5.41, 5.74) is -0.117. The first-order valence-corrected chi connectivity index (χ1v) is 9.89. The van der Waals surface area contributed by atoms with Crippen molar-refractivity contribution in [1.82, 2.24) is 0 Å². The van der Waals surface area contributed by atoms with Crippen LogP contribution in [0.15, 0.2) is 42.5 Å². The van der Waals surface area contributed by atoms with Gasteiger partial charge in [0, 0.05) is 6.07 Å². The van der Waals surface area contributed by atoms with Gasteiger partial charge in [0.05, 0.1) is 28.3 Å². The smallest absolute Gasteiger partial charge is 0.338 e. The van der Waals surface area contributed by atoms with Gasteiger partial charge in [-0.15, -0.1) is 0 Å². The van der Waals surface area contributed by atoms with Crippen molar-refractivity contribution in [3.63, 3.8) is 0 Å². The highest BCUT2D eigenvalue weighted by atomic mass is 16.6. The number of nitro benzene ring substituents is 1. The van der Waals surface area contributed by atoms with Crippen LogP contribution in [0.5, 0.6) is 0 Å². The molecule has 0 aliphatic carbocycles. The maximum absolute atomic E-state index is 12.7. The number of unbranched alkanes of at least 4 members (excludes halogenated alkanes) is 4. The van der Waals surface area contributed by atoms with E-state index in [1.165, 1.54) is 42.5 Å². The van der Waals surface area contributed by atoms with Crippen molar-refractivity contribution in [2.75, 3.05) is 11.5 Å². The van der Waals surface area contributed by atoms with Crippen molar-refractivity contribution in [2.24, 2.45) is 0 Å². The van der Waals surface area contributed by atoms with E-state index in [1.54, 1.807) is 0 Å². The molecular weight excluding hydrogens is 388 g/mol. The summed E-state index contributed by atoms with van der Waals surface area (Å²) in [7, 11) is 0. The van der Waals surface area contributed by atoms with Crippen LogP contribution in [0.2, 0.25) is 0 Å². The van der Waals surface area contributed by atoms with Crippen molar-refractivity contribution >= 4 is 29.2 Å². The van der Waals surface area contributed by atoms with Crippen molar-refractivity contribution in [3.8, 4) is 0 Å². The molecule has 2 aromatic rings. The number of hydrogen-bond donors (Lipinski definition) is 0. The Hall–Kier alpha value is -3.55. The van der Waals surface area contributed by atoms with Crippen LogP contribution in [0, 0.1) is 10.1 Å². The number of nitro groups is 1. The second-order valence-corrected chi connectivity index (χ2v) is 7.00. The van der Waals surface area contributed by atoms with E-state index in [0.29, 0.717) is 12.2 Å². The Labute approximate surface area is 173 Å². The van der Waals surface area contributed by atoms with Crippen LogP contribution < -0.4 is 4.90 Å². The van der Waals surface area contributed by atoms with Crippen LogP contribution in [-0.4, -0.2) is 29.3 Å². The zero-order chi connectivity index (χ0) is 21.7. The number of benzene rings is 2. The van der Waals surface area contributed by atoms with Crippen molar-refractivity contribution < 1.29 is 24.0 Å². The molecule has 0 N–H and O–H groups in total. The fourth-order valence-corrected chi connectivity index (χ4v) is 3.35. The van der Waals surface area contributed by atoms with E-state index in [-0.39, 0.29) is 16.8 Å². The Balaban J connectivity index is 1.69.